The number of likely N-dealkylation sites (tertiary alicyclic amines) is 1. The van der Waals surface area contributed by atoms with Crippen LogP contribution < -0.4 is 9.46 Å². The average Bonchev–Trinajstić information content (AvgIpc) is 2.69. The number of halogens is 1. The molecule has 0 unspecified atom stereocenters. The van der Waals surface area contributed by atoms with Crippen LogP contribution in [0.3, 0.4) is 0 Å². The second kappa shape index (κ2) is 9.05. The predicted molar refractivity (Wildman–Crippen MR) is 114 cm³/mol. The topological polar surface area (TPSA) is 75.7 Å². The number of rotatable bonds is 6. The zero-order valence-electron chi connectivity index (χ0n) is 16.5. The Balaban J connectivity index is 1.63. The molecule has 1 aliphatic heterocycles. The van der Waals surface area contributed by atoms with E-state index in [1.807, 2.05) is 4.90 Å². The lowest BCUT2D eigenvalue weighted by molar-refractivity contribution is -0.134. The molecule has 0 spiro atoms. The zero-order chi connectivity index (χ0) is 21.0. The van der Waals surface area contributed by atoms with Crippen LogP contribution in [0.25, 0.3) is 0 Å². The summed E-state index contributed by atoms with van der Waals surface area (Å²) in [6.07, 6.45) is 2.02. The number of amides is 1. The minimum Gasteiger partial charge on any atom is -0.483 e. The molecule has 8 heteroatoms. The normalized spacial score (nSPS) is 15.2. The quantitative estimate of drug-likeness (QED) is 0.740. The Labute approximate surface area is 176 Å². The fraction of sp³-hybridized carbons (Fsp3) is 0.381. The van der Waals surface area contributed by atoms with E-state index in [2.05, 4.69) is 11.6 Å². The molecule has 0 aromatic heterocycles. The lowest BCUT2D eigenvalue weighted by Gasteiger charge is -2.30. The van der Waals surface area contributed by atoms with Crippen molar-refractivity contribution in [3.63, 3.8) is 0 Å². The molecule has 2 aromatic rings. The molecule has 0 atom stereocenters. The van der Waals surface area contributed by atoms with E-state index in [1.165, 1.54) is 12.1 Å². The molecule has 1 saturated heterocycles. The van der Waals surface area contributed by atoms with Gasteiger partial charge in [0.2, 0.25) is 0 Å². The van der Waals surface area contributed by atoms with Gasteiger partial charge in [-0.2, -0.15) is 0 Å². The minimum atomic E-state index is -3.74. The number of benzene rings is 2. The Bertz CT molecular complexity index is 969. The van der Waals surface area contributed by atoms with Crippen LogP contribution in [0.2, 0.25) is 5.02 Å². The largest absolute Gasteiger partial charge is 0.483 e. The predicted octanol–water partition coefficient (Wildman–Crippen LogP) is 4.09. The number of ether oxygens (including phenoxy) is 1. The summed E-state index contributed by atoms with van der Waals surface area (Å²) < 4.78 is 33.4. The van der Waals surface area contributed by atoms with Gasteiger partial charge in [-0.1, -0.05) is 18.5 Å². The van der Waals surface area contributed by atoms with Crippen molar-refractivity contribution in [3.8, 4) is 5.75 Å². The third-order valence-electron chi connectivity index (χ3n) is 5.04. The smallest absolute Gasteiger partial charge is 0.261 e. The van der Waals surface area contributed by atoms with Gasteiger partial charge in [0.1, 0.15) is 5.75 Å². The van der Waals surface area contributed by atoms with Crippen molar-refractivity contribution in [1.82, 2.24) is 4.90 Å². The third kappa shape index (κ3) is 5.64. The highest BCUT2D eigenvalue weighted by molar-refractivity contribution is 7.92. The number of carbonyl (C=O) groups is 1. The Morgan fingerprint density at radius 2 is 1.83 bits per heavy atom. The first-order valence-electron chi connectivity index (χ1n) is 9.54. The summed E-state index contributed by atoms with van der Waals surface area (Å²) in [6.45, 7) is 5.42. The molecule has 1 aliphatic rings. The maximum atomic E-state index is 12.6. The van der Waals surface area contributed by atoms with Crippen LogP contribution in [0.1, 0.15) is 25.3 Å². The van der Waals surface area contributed by atoms with E-state index in [0.717, 1.165) is 25.9 Å². The zero-order valence-corrected chi connectivity index (χ0v) is 18.1. The highest BCUT2D eigenvalue weighted by Crippen LogP contribution is 2.24. The van der Waals surface area contributed by atoms with Crippen molar-refractivity contribution in [1.29, 1.82) is 0 Å². The summed E-state index contributed by atoms with van der Waals surface area (Å²) in [7, 11) is -3.74. The number of sulfonamides is 1. The molecule has 0 bridgehead atoms. The molecule has 6 nitrogen and oxygen atoms in total. The van der Waals surface area contributed by atoms with Gasteiger partial charge >= 0.3 is 0 Å². The summed E-state index contributed by atoms with van der Waals surface area (Å²) in [5.74, 6) is 1.10. The lowest BCUT2D eigenvalue weighted by Crippen LogP contribution is -2.40. The first-order valence-corrected chi connectivity index (χ1v) is 11.4. The van der Waals surface area contributed by atoms with E-state index in [1.54, 1.807) is 37.3 Å². The molecule has 3 rings (SSSR count). The second-order valence-electron chi connectivity index (χ2n) is 7.39. The Kier molecular flexibility index (Phi) is 6.70. The van der Waals surface area contributed by atoms with E-state index in [-0.39, 0.29) is 17.4 Å². The van der Waals surface area contributed by atoms with Crippen molar-refractivity contribution >= 4 is 33.2 Å². The summed E-state index contributed by atoms with van der Waals surface area (Å²) in [6, 6.07) is 11.0. The van der Waals surface area contributed by atoms with Crippen molar-refractivity contribution in [2.24, 2.45) is 5.92 Å². The summed E-state index contributed by atoms with van der Waals surface area (Å²) >= 11 is 5.83. The molecular formula is C21H25ClN2O4S. The van der Waals surface area contributed by atoms with Gasteiger partial charge in [-0.3, -0.25) is 9.52 Å². The maximum Gasteiger partial charge on any atom is 0.261 e. The van der Waals surface area contributed by atoms with Crippen molar-refractivity contribution in [3.05, 3.63) is 53.1 Å². The molecule has 29 heavy (non-hydrogen) atoms. The highest BCUT2D eigenvalue weighted by atomic mass is 35.5. The molecule has 1 fully saturated rings. The first-order chi connectivity index (χ1) is 13.7. The van der Waals surface area contributed by atoms with Crippen LogP contribution in [0.4, 0.5) is 5.69 Å². The monoisotopic (exact) mass is 436 g/mol. The Hall–Kier alpha value is -2.25. The van der Waals surface area contributed by atoms with E-state index < -0.39 is 10.0 Å². The van der Waals surface area contributed by atoms with E-state index in [9.17, 15) is 13.2 Å². The van der Waals surface area contributed by atoms with Gasteiger partial charge in [0.25, 0.3) is 15.9 Å². The Morgan fingerprint density at radius 1 is 1.17 bits per heavy atom. The number of aryl methyl sites for hydroxylation is 1. The van der Waals surface area contributed by atoms with E-state index in [0.29, 0.717) is 27.9 Å². The summed E-state index contributed by atoms with van der Waals surface area (Å²) in [4.78, 5) is 14.3. The number of hydrogen-bond donors (Lipinski definition) is 1. The van der Waals surface area contributed by atoms with Gasteiger partial charge < -0.3 is 9.64 Å². The standard InChI is InChI=1S/C21H25ClN2O4S/c1-15-9-11-24(12-10-15)21(25)14-28-20-8-7-19(13-16(20)2)29(26,27)23-18-5-3-17(22)4-6-18/h3-8,13,15,23H,9-12,14H2,1-2H3. The van der Waals surface area contributed by atoms with Crippen LogP contribution in [0, 0.1) is 12.8 Å². The number of nitrogens with one attached hydrogen (secondary N) is 1. The number of piperidine rings is 1. The molecule has 0 saturated carbocycles. The third-order valence-corrected chi connectivity index (χ3v) is 6.67. The molecule has 156 valence electrons. The van der Waals surface area contributed by atoms with Crippen LogP contribution >= 0.6 is 11.6 Å². The van der Waals surface area contributed by atoms with Crippen LogP contribution in [0.15, 0.2) is 47.4 Å². The SMILES string of the molecule is Cc1cc(S(=O)(=O)Nc2ccc(Cl)cc2)ccc1OCC(=O)N1CCC(C)CC1. The Morgan fingerprint density at radius 3 is 2.45 bits per heavy atom. The first kappa shape index (κ1) is 21.5. The van der Waals surface area contributed by atoms with Gasteiger partial charge in [0, 0.05) is 23.8 Å². The summed E-state index contributed by atoms with van der Waals surface area (Å²) in [5.41, 5.74) is 1.07. The van der Waals surface area contributed by atoms with E-state index >= 15 is 0 Å². The second-order valence-corrected chi connectivity index (χ2v) is 9.51. The lowest BCUT2D eigenvalue weighted by atomic mass is 9.99. The van der Waals surface area contributed by atoms with Gasteiger partial charge in [0.05, 0.1) is 4.90 Å². The van der Waals surface area contributed by atoms with Gasteiger partial charge in [-0.15, -0.1) is 0 Å². The number of carbonyl (C=O) groups excluding carboxylic acids is 1. The van der Waals surface area contributed by atoms with Crippen molar-refractivity contribution < 1.29 is 17.9 Å². The minimum absolute atomic E-state index is 0.0441. The van der Waals surface area contributed by atoms with Gasteiger partial charge in [-0.25, -0.2) is 8.42 Å². The van der Waals surface area contributed by atoms with Crippen molar-refractivity contribution in [2.75, 3.05) is 24.4 Å². The van der Waals surface area contributed by atoms with Gasteiger partial charge in [-0.05, 0) is 73.7 Å². The average molecular weight is 437 g/mol. The van der Waals surface area contributed by atoms with Crippen molar-refractivity contribution in [2.45, 2.75) is 31.6 Å². The molecular weight excluding hydrogens is 412 g/mol. The fourth-order valence-corrected chi connectivity index (χ4v) is 4.44. The molecule has 1 N–H and O–H groups in total. The molecule has 2 aromatic carbocycles. The number of nitrogens with zero attached hydrogens (tertiary/aromatic N) is 1. The number of anilines is 1. The van der Waals surface area contributed by atoms with Crippen LogP contribution in [-0.2, 0) is 14.8 Å². The molecule has 0 aliphatic carbocycles. The number of hydrogen-bond acceptors (Lipinski definition) is 4. The summed E-state index contributed by atoms with van der Waals surface area (Å²) in [5, 5.41) is 0.527. The highest BCUT2D eigenvalue weighted by Gasteiger charge is 2.21. The molecule has 1 amide bonds. The van der Waals surface area contributed by atoms with Gasteiger partial charge in [0.15, 0.2) is 6.61 Å². The van der Waals surface area contributed by atoms with Crippen LogP contribution in [-0.4, -0.2) is 38.9 Å². The molecule has 0 radical (unpaired) electrons. The van der Waals surface area contributed by atoms with Crippen LogP contribution in [0.5, 0.6) is 5.75 Å². The maximum absolute atomic E-state index is 12.6. The molecule has 1 heterocycles. The van der Waals surface area contributed by atoms with E-state index in [4.69, 9.17) is 16.3 Å². The fourth-order valence-electron chi connectivity index (χ4n) is 3.17.